The van der Waals surface area contributed by atoms with Gasteiger partial charge in [-0.25, -0.2) is 4.98 Å². The number of hydrogen-bond donors (Lipinski definition) is 1. The Balaban J connectivity index is 1.83. The lowest BCUT2D eigenvalue weighted by Crippen LogP contribution is -2.67. The predicted molar refractivity (Wildman–Crippen MR) is 88.9 cm³/mol. The van der Waals surface area contributed by atoms with E-state index >= 15 is 0 Å². The minimum absolute atomic E-state index is 0.214. The van der Waals surface area contributed by atoms with Crippen LogP contribution >= 0.6 is 11.3 Å². The maximum absolute atomic E-state index is 4.76. The summed E-state index contributed by atoms with van der Waals surface area (Å²) in [6, 6.07) is 0. The van der Waals surface area contributed by atoms with Gasteiger partial charge in [0.1, 0.15) is 0 Å². The van der Waals surface area contributed by atoms with Crippen molar-refractivity contribution in [2.24, 2.45) is 0 Å². The smallest absolute Gasteiger partial charge is 0.193 e. The minimum Gasteiger partial charge on any atom is -0.308 e. The van der Waals surface area contributed by atoms with Crippen LogP contribution in [0.25, 0.3) is 4.96 Å². The van der Waals surface area contributed by atoms with Crippen molar-refractivity contribution in [2.75, 3.05) is 13.1 Å². The highest BCUT2D eigenvalue weighted by atomic mass is 32.1. The van der Waals surface area contributed by atoms with Crippen molar-refractivity contribution in [1.29, 1.82) is 0 Å². The van der Waals surface area contributed by atoms with Crippen LogP contribution in [0.2, 0.25) is 0 Å². The molecule has 0 aliphatic carbocycles. The van der Waals surface area contributed by atoms with E-state index in [1.165, 1.54) is 5.69 Å². The molecule has 3 rings (SSSR count). The summed E-state index contributed by atoms with van der Waals surface area (Å²) in [5.74, 6) is 0. The van der Waals surface area contributed by atoms with E-state index in [1.807, 2.05) is 0 Å². The first kappa shape index (κ1) is 15.0. The topological polar surface area (TPSA) is 32.6 Å². The Morgan fingerprint density at radius 1 is 1.33 bits per heavy atom. The molecule has 2 unspecified atom stereocenters. The first-order valence-electron chi connectivity index (χ1n) is 7.89. The second kappa shape index (κ2) is 5.38. The molecular formula is C16H26N4S. The van der Waals surface area contributed by atoms with Gasteiger partial charge in [-0.15, -0.1) is 11.3 Å². The molecule has 1 aliphatic rings. The second-order valence-electron chi connectivity index (χ2n) is 6.80. The van der Waals surface area contributed by atoms with Gasteiger partial charge in [0.15, 0.2) is 4.96 Å². The summed E-state index contributed by atoms with van der Waals surface area (Å²) >= 11 is 1.70. The molecule has 0 spiro atoms. The van der Waals surface area contributed by atoms with Gasteiger partial charge < -0.3 is 5.32 Å². The average molecular weight is 306 g/mol. The molecule has 0 bridgehead atoms. The summed E-state index contributed by atoms with van der Waals surface area (Å²) in [5.41, 5.74) is 1.61. The van der Waals surface area contributed by atoms with Crippen LogP contribution < -0.4 is 5.32 Å². The molecule has 2 aromatic heterocycles. The van der Waals surface area contributed by atoms with Gasteiger partial charge in [-0.1, -0.05) is 13.8 Å². The summed E-state index contributed by atoms with van der Waals surface area (Å²) < 4.78 is 2.13. The van der Waals surface area contributed by atoms with Crippen molar-refractivity contribution in [3.8, 4) is 0 Å². The number of rotatable bonds is 4. The largest absolute Gasteiger partial charge is 0.308 e. The SMILES string of the molecule is CCC1(C)CN(Cc2cn3ccsc3n2)C(C)(CC)CN1. The normalized spacial score (nSPS) is 31.0. The van der Waals surface area contributed by atoms with E-state index in [9.17, 15) is 0 Å². The Bertz CT molecular complexity index is 590. The van der Waals surface area contributed by atoms with Gasteiger partial charge in [-0.05, 0) is 26.7 Å². The van der Waals surface area contributed by atoms with Crippen LogP contribution in [0.4, 0.5) is 0 Å². The standard InChI is InChI=1S/C16H26N4S/c1-5-15(3)12-20(16(4,6-2)11-17-15)10-13-9-19-7-8-21-14(19)18-13/h7-9,17H,5-6,10-12H2,1-4H3. The van der Waals surface area contributed by atoms with E-state index in [0.29, 0.717) is 0 Å². The third-order valence-electron chi connectivity index (χ3n) is 5.24. The van der Waals surface area contributed by atoms with Crippen LogP contribution in [-0.2, 0) is 6.54 Å². The summed E-state index contributed by atoms with van der Waals surface area (Å²) in [7, 11) is 0. The first-order chi connectivity index (χ1) is 9.98. The number of hydrogen-bond acceptors (Lipinski definition) is 4. The van der Waals surface area contributed by atoms with Crippen molar-refractivity contribution < 1.29 is 0 Å². The van der Waals surface area contributed by atoms with Gasteiger partial charge in [-0.2, -0.15) is 0 Å². The molecule has 0 radical (unpaired) electrons. The summed E-state index contributed by atoms with van der Waals surface area (Å²) in [5, 5.41) is 5.84. The van der Waals surface area contributed by atoms with Gasteiger partial charge in [0.2, 0.25) is 0 Å². The molecule has 21 heavy (non-hydrogen) atoms. The highest BCUT2D eigenvalue weighted by Crippen LogP contribution is 2.30. The minimum atomic E-state index is 0.214. The zero-order valence-corrected chi connectivity index (χ0v) is 14.3. The number of fused-ring (bicyclic) bond motifs is 1. The third-order valence-corrected chi connectivity index (χ3v) is 6.01. The first-order valence-corrected chi connectivity index (χ1v) is 8.77. The van der Waals surface area contributed by atoms with Crippen molar-refractivity contribution in [3.05, 3.63) is 23.5 Å². The predicted octanol–water partition coefficient (Wildman–Crippen LogP) is 3.14. The number of aromatic nitrogens is 2. The number of nitrogens with zero attached hydrogens (tertiary/aromatic N) is 3. The van der Waals surface area contributed by atoms with E-state index < -0.39 is 0 Å². The van der Waals surface area contributed by atoms with E-state index in [0.717, 1.165) is 37.4 Å². The van der Waals surface area contributed by atoms with Crippen LogP contribution in [0.5, 0.6) is 0 Å². The Kier molecular flexibility index (Phi) is 3.84. The van der Waals surface area contributed by atoms with Gasteiger partial charge in [-0.3, -0.25) is 9.30 Å². The number of imidazole rings is 1. The molecule has 5 heteroatoms. The Morgan fingerprint density at radius 2 is 2.14 bits per heavy atom. The van der Waals surface area contributed by atoms with Gasteiger partial charge >= 0.3 is 0 Å². The Hall–Kier alpha value is -0.910. The molecule has 4 nitrogen and oxygen atoms in total. The fourth-order valence-corrected chi connectivity index (χ4v) is 3.78. The van der Waals surface area contributed by atoms with E-state index in [1.54, 1.807) is 11.3 Å². The monoisotopic (exact) mass is 306 g/mol. The van der Waals surface area contributed by atoms with Crippen molar-refractivity contribution in [1.82, 2.24) is 19.6 Å². The Labute approximate surface area is 131 Å². The molecule has 1 saturated heterocycles. The third kappa shape index (κ3) is 2.74. The molecule has 0 saturated carbocycles. The van der Waals surface area contributed by atoms with Gasteiger partial charge in [0.25, 0.3) is 0 Å². The molecule has 0 aromatic carbocycles. The number of thiazole rings is 1. The molecular weight excluding hydrogens is 280 g/mol. The second-order valence-corrected chi connectivity index (χ2v) is 7.67. The van der Waals surface area contributed by atoms with Crippen molar-refractivity contribution in [3.63, 3.8) is 0 Å². The van der Waals surface area contributed by atoms with Crippen LogP contribution in [0.15, 0.2) is 17.8 Å². The van der Waals surface area contributed by atoms with Gasteiger partial charge in [0.05, 0.1) is 5.69 Å². The zero-order valence-electron chi connectivity index (χ0n) is 13.5. The van der Waals surface area contributed by atoms with E-state index in [-0.39, 0.29) is 11.1 Å². The fourth-order valence-electron chi connectivity index (χ4n) is 3.06. The maximum atomic E-state index is 4.76. The molecule has 3 heterocycles. The van der Waals surface area contributed by atoms with Gasteiger partial charge in [0, 0.05) is 48.5 Å². The molecule has 116 valence electrons. The number of piperazine rings is 1. The lowest BCUT2D eigenvalue weighted by molar-refractivity contribution is 0.00965. The van der Waals surface area contributed by atoms with E-state index in [2.05, 4.69) is 60.1 Å². The molecule has 1 N–H and O–H groups in total. The van der Waals surface area contributed by atoms with E-state index in [4.69, 9.17) is 4.98 Å². The quantitative estimate of drug-likeness (QED) is 0.942. The summed E-state index contributed by atoms with van der Waals surface area (Å²) in [6.07, 6.45) is 6.57. The number of nitrogens with one attached hydrogen (secondary N) is 1. The van der Waals surface area contributed by atoms with Crippen LogP contribution in [-0.4, -0.2) is 38.5 Å². The lowest BCUT2D eigenvalue weighted by Gasteiger charge is -2.52. The van der Waals surface area contributed by atoms with Crippen molar-refractivity contribution in [2.45, 2.75) is 58.2 Å². The highest BCUT2D eigenvalue weighted by Gasteiger charge is 2.41. The Morgan fingerprint density at radius 3 is 2.81 bits per heavy atom. The van der Waals surface area contributed by atoms with Crippen LogP contribution in [0.3, 0.4) is 0 Å². The van der Waals surface area contributed by atoms with Crippen molar-refractivity contribution >= 4 is 16.3 Å². The summed E-state index contributed by atoms with van der Waals surface area (Å²) in [6.45, 7) is 12.3. The average Bonchev–Trinajstić information content (AvgIpc) is 3.04. The highest BCUT2D eigenvalue weighted by molar-refractivity contribution is 7.15. The lowest BCUT2D eigenvalue weighted by atomic mass is 9.85. The van der Waals surface area contributed by atoms with Crippen LogP contribution in [0, 0.1) is 0 Å². The van der Waals surface area contributed by atoms with Crippen LogP contribution in [0.1, 0.15) is 46.2 Å². The molecule has 1 fully saturated rings. The fraction of sp³-hybridized carbons (Fsp3) is 0.688. The molecule has 2 aromatic rings. The maximum Gasteiger partial charge on any atom is 0.193 e. The summed E-state index contributed by atoms with van der Waals surface area (Å²) in [4.78, 5) is 8.48. The molecule has 2 atom stereocenters. The molecule has 0 amide bonds. The molecule has 1 aliphatic heterocycles. The zero-order chi connectivity index (χ0) is 15.1.